The number of fused-ring (bicyclic) bond motifs is 4. The monoisotopic (exact) mass is 440 g/mol. The normalized spacial score (nSPS) is 32.8. The molecule has 0 amide bonds. The number of hydrogen-bond donors (Lipinski definition) is 1. The number of nitrogens with one attached hydrogen (secondary N) is 1. The standard InChI is InChI=1S/C28H28N2O3/c1-28-7-5-19-12-21-23(31)9-16(14-29-2)10-25(21)33-27(19)22(28)13-24(32)26(28)18-3-4-20-15-30-8-6-17(20)11-18/h3-8,11-12,15-16,22,26-27,29H,9-10,13-14H2,1-2H3/t16?,22-,26-,27+,28-/m0/s1. The summed E-state index contributed by atoms with van der Waals surface area (Å²) in [6.07, 6.45) is 11.6. The Balaban J connectivity index is 1.36. The first-order valence-electron chi connectivity index (χ1n) is 11.8. The number of carbonyl (C=O) groups excluding carboxylic acids is 2. The Hall–Kier alpha value is -3.05. The number of ketones is 2. The highest BCUT2D eigenvalue weighted by Crippen LogP contribution is 2.58. The zero-order valence-corrected chi connectivity index (χ0v) is 19.0. The van der Waals surface area contributed by atoms with Gasteiger partial charge in [-0.15, -0.1) is 0 Å². The van der Waals surface area contributed by atoms with Crippen LogP contribution in [0.3, 0.4) is 0 Å². The molecule has 0 saturated heterocycles. The molecule has 1 fully saturated rings. The molecule has 1 saturated carbocycles. The van der Waals surface area contributed by atoms with Crippen molar-refractivity contribution in [3.8, 4) is 0 Å². The third-order valence-electron chi connectivity index (χ3n) is 8.11. The summed E-state index contributed by atoms with van der Waals surface area (Å²) in [5.41, 5.74) is 2.47. The number of hydrogen-bond acceptors (Lipinski definition) is 5. The maximum atomic E-state index is 13.4. The molecule has 168 valence electrons. The maximum Gasteiger partial charge on any atom is 0.166 e. The van der Waals surface area contributed by atoms with Crippen molar-refractivity contribution >= 4 is 22.3 Å². The van der Waals surface area contributed by atoms with Gasteiger partial charge in [-0.25, -0.2) is 0 Å². The fourth-order valence-electron chi connectivity index (χ4n) is 6.48. The van der Waals surface area contributed by atoms with E-state index >= 15 is 0 Å². The van der Waals surface area contributed by atoms with Gasteiger partial charge in [0.2, 0.25) is 0 Å². The lowest BCUT2D eigenvalue weighted by Gasteiger charge is -2.44. The largest absolute Gasteiger partial charge is 0.489 e. The first-order chi connectivity index (χ1) is 16.0. The average Bonchev–Trinajstić information content (AvgIpc) is 3.08. The van der Waals surface area contributed by atoms with Crippen molar-refractivity contribution in [1.82, 2.24) is 10.3 Å². The van der Waals surface area contributed by atoms with Gasteiger partial charge in [-0.05, 0) is 48.2 Å². The molecule has 1 N–H and O–H groups in total. The molecule has 0 bridgehead atoms. The zero-order chi connectivity index (χ0) is 22.7. The van der Waals surface area contributed by atoms with E-state index in [1.165, 1.54) is 0 Å². The highest BCUT2D eigenvalue weighted by atomic mass is 16.5. The summed E-state index contributed by atoms with van der Waals surface area (Å²) in [5.74, 6) is 1.34. The van der Waals surface area contributed by atoms with Crippen molar-refractivity contribution in [1.29, 1.82) is 0 Å². The van der Waals surface area contributed by atoms with Crippen LogP contribution >= 0.6 is 0 Å². The molecule has 33 heavy (non-hydrogen) atoms. The van der Waals surface area contributed by atoms with E-state index in [1.807, 2.05) is 25.4 Å². The Morgan fingerprint density at radius 3 is 2.88 bits per heavy atom. The summed E-state index contributed by atoms with van der Waals surface area (Å²) in [6, 6.07) is 8.26. The van der Waals surface area contributed by atoms with Gasteiger partial charge in [-0.2, -0.15) is 0 Å². The Kier molecular flexibility index (Phi) is 4.66. The van der Waals surface area contributed by atoms with Crippen molar-refractivity contribution in [3.63, 3.8) is 0 Å². The highest BCUT2D eigenvalue weighted by Gasteiger charge is 2.57. The van der Waals surface area contributed by atoms with Crippen LogP contribution in [0.4, 0.5) is 0 Å². The summed E-state index contributed by atoms with van der Waals surface area (Å²) in [4.78, 5) is 30.4. The van der Waals surface area contributed by atoms with Crippen LogP contribution in [0.15, 0.2) is 71.8 Å². The predicted octanol–water partition coefficient (Wildman–Crippen LogP) is 4.26. The van der Waals surface area contributed by atoms with E-state index in [0.29, 0.717) is 12.8 Å². The van der Waals surface area contributed by atoms with Crippen LogP contribution in [0.1, 0.15) is 37.7 Å². The number of carbonyl (C=O) groups is 2. The van der Waals surface area contributed by atoms with Crippen LogP contribution in [-0.2, 0) is 14.3 Å². The summed E-state index contributed by atoms with van der Waals surface area (Å²) in [6.45, 7) is 2.99. The van der Waals surface area contributed by atoms with E-state index in [1.54, 1.807) is 6.20 Å². The van der Waals surface area contributed by atoms with Gasteiger partial charge in [0.05, 0.1) is 11.5 Å². The quantitative estimate of drug-likeness (QED) is 0.772. The lowest BCUT2D eigenvalue weighted by Crippen LogP contribution is -2.41. The Morgan fingerprint density at radius 2 is 2.03 bits per heavy atom. The van der Waals surface area contributed by atoms with Gasteiger partial charge in [0.15, 0.2) is 5.78 Å². The molecule has 3 aliphatic carbocycles. The SMILES string of the molecule is CNCC1CC(=O)C2=C(C1)O[C@@H]1C(=C2)C=C[C@]2(C)[C@@H](c3ccc4cnccc4c3)C(=O)C[C@@H]12. The topological polar surface area (TPSA) is 68.3 Å². The van der Waals surface area contributed by atoms with Crippen LogP contribution in [0.2, 0.25) is 0 Å². The molecule has 2 heterocycles. The summed E-state index contributed by atoms with van der Waals surface area (Å²) < 4.78 is 6.57. The van der Waals surface area contributed by atoms with Crippen molar-refractivity contribution in [2.45, 2.75) is 38.2 Å². The second-order valence-corrected chi connectivity index (χ2v) is 10.2. The number of benzene rings is 1. The van der Waals surface area contributed by atoms with Gasteiger partial charge in [0, 0.05) is 48.4 Å². The minimum Gasteiger partial charge on any atom is -0.489 e. The van der Waals surface area contributed by atoms with E-state index < -0.39 is 0 Å². The summed E-state index contributed by atoms with van der Waals surface area (Å²) >= 11 is 0. The zero-order valence-electron chi connectivity index (χ0n) is 19.0. The Bertz CT molecular complexity index is 1270. The third kappa shape index (κ3) is 3.13. The van der Waals surface area contributed by atoms with Gasteiger partial charge in [-0.3, -0.25) is 14.6 Å². The molecule has 5 atom stereocenters. The fraction of sp³-hybridized carbons (Fsp3) is 0.393. The summed E-state index contributed by atoms with van der Waals surface area (Å²) in [5, 5.41) is 5.36. The molecule has 5 heteroatoms. The third-order valence-corrected chi connectivity index (χ3v) is 8.11. The average molecular weight is 441 g/mol. The smallest absolute Gasteiger partial charge is 0.166 e. The maximum absolute atomic E-state index is 13.4. The van der Waals surface area contributed by atoms with Crippen LogP contribution in [0.25, 0.3) is 10.8 Å². The van der Waals surface area contributed by atoms with Crippen LogP contribution < -0.4 is 5.32 Å². The van der Waals surface area contributed by atoms with E-state index in [4.69, 9.17) is 4.74 Å². The number of rotatable bonds is 3. The summed E-state index contributed by atoms with van der Waals surface area (Å²) in [7, 11) is 1.92. The van der Waals surface area contributed by atoms with E-state index in [0.717, 1.165) is 46.2 Å². The molecule has 5 nitrogen and oxygen atoms in total. The molecule has 1 aromatic heterocycles. The number of Topliss-reactive ketones (excluding diaryl/α,β-unsaturated/α-hetero) is 2. The lowest BCUT2D eigenvalue weighted by atomic mass is 9.64. The molecule has 1 aromatic carbocycles. The van der Waals surface area contributed by atoms with Crippen molar-refractivity contribution in [2.75, 3.05) is 13.6 Å². The van der Waals surface area contributed by atoms with E-state index in [-0.39, 0.29) is 40.8 Å². The number of ether oxygens (including phenoxy) is 1. The van der Waals surface area contributed by atoms with Crippen molar-refractivity contribution < 1.29 is 14.3 Å². The highest BCUT2D eigenvalue weighted by molar-refractivity contribution is 6.00. The van der Waals surface area contributed by atoms with Crippen LogP contribution in [0, 0.1) is 17.3 Å². The lowest BCUT2D eigenvalue weighted by molar-refractivity contribution is -0.120. The fourth-order valence-corrected chi connectivity index (χ4v) is 6.48. The van der Waals surface area contributed by atoms with Gasteiger partial charge in [-0.1, -0.05) is 37.3 Å². The molecule has 6 rings (SSSR count). The van der Waals surface area contributed by atoms with E-state index in [9.17, 15) is 9.59 Å². The molecule has 0 radical (unpaired) electrons. The van der Waals surface area contributed by atoms with E-state index in [2.05, 4.69) is 47.6 Å². The van der Waals surface area contributed by atoms with Crippen molar-refractivity contribution in [3.05, 3.63) is 77.4 Å². The molecule has 2 aromatic rings. The number of nitrogens with zero attached hydrogens (tertiary/aromatic N) is 1. The number of aromatic nitrogens is 1. The molecule has 1 aliphatic heterocycles. The van der Waals surface area contributed by atoms with Crippen LogP contribution in [0.5, 0.6) is 0 Å². The van der Waals surface area contributed by atoms with Crippen LogP contribution in [-0.4, -0.2) is 36.2 Å². The molecule has 1 unspecified atom stereocenters. The number of pyridine rings is 1. The second kappa shape index (κ2) is 7.49. The molecule has 4 aliphatic rings. The first-order valence-corrected chi connectivity index (χ1v) is 11.8. The van der Waals surface area contributed by atoms with Gasteiger partial charge >= 0.3 is 0 Å². The molecule has 0 spiro atoms. The minimum absolute atomic E-state index is 0.0493. The van der Waals surface area contributed by atoms with Gasteiger partial charge in [0.1, 0.15) is 17.6 Å². The van der Waals surface area contributed by atoms with Crippen molar-refractivity contribution in [2.24, 2.45) is 17.3 Å². The minimum atomic E-state index is -0.332. The first kappa shape index (κ1) is 20.5. The molecular formula is C28H28N2O3. The Morgan fingerprint density at radius 1 is 1.15 bits per heavy atom. The van der Waals surface area contributed by atoms with Gasteiger partial charge < -0.3 is 10.1 Å². The number of allylic oxidation sites excluding steroid dienone is 4. The predicted molar refractivity (Wildman–Crippen MR) is 126 cm³/mol. The van der Waals surface area contributed by atoms with Gasteiger partial charge in [0.25, 0.3) is 0 Å². The second-order valence-electron chi connectivity index (χ2n) is 10.2. The Labute approximate surface area is 193 Å². The molecular weight excluding hydrogens is 412 g/mol.